The van der Waals surface area contributed by atoms with Crippen LogP contribution in [0.4, 0.5) is 0 Å². The molecule has 0 unspecified atom stereocenters. The minimum Gasteiger partial charge on any atom is -0.356 e. The molecule has 0 atom stereocenters. The zero-order chi connectivity index (χ0) is 17.2. The summed E-state index contributed by atoms with van der Waals surface area (Å²) in [5.74, 6) is 0.573. The van der Waals surface area contributed by atoms with E-state index in [1.165, 1.54) is 0 Å². The first kappa shape index (κ1) is 17.9. The summed E-state index contributed by atoms with van der Waals surface area (Å²) in [4.78, 5) is 24.4. The van der Waals surface area contributed by atoms with Gasteiger partial charge in [0.15, 0.2) is 5.96 Å². The third-order valence-corrected chi connectivity index (χ3v) is 4.01. The summed E-state index contributed by atoms with van der Waals surface area (Å²) in [7, 11) is 1.72. The molecule has 0 aliphatic carbocycles. The third kappa shape index (κ3) is 5.96. The van der Waals surface area contributed by atoms with E-state index < -0.39 is 0 Å². The van der Waals surface area contributed by atoms with Crippen molar-refractivity contribution in [1.82, 2.24) is 25.9 Å². The van der Waals surface area contributed by atoms with Gasteiger partial charge in [-0.2, -0.15) is 0 Å². The van der Waals surface area contributed by atoms with Gasteiger partial charge < -0.3 is 16.0 Å². The van der Waals surface area contributed by atoms with Gasteiger partial charge in [0.05, 0.1) is 16.3 Å². The second-order valence-corrected chi connectivity index (χ2v) is 6.09. The summed E-state index contributed by atoms with van der Waals surface area (Å²) in [5, 5.41) is 12.4. The average Bonchev–Trinajstić information content (AvgIpc) is 3.02. The normalized spacial score (nSPS) is 11.2. The number of aryl methyl sites for hydroxylation is 1. The fourth-order valence-electron chi connectivity index (χ4n) is 2.01. The summed E-state index contributed by atoms with van der Waals surface area (Å²) in [6, 6.07) is 3.47. The van der Waals surface area contributed by atoms with Gasteiger partial charge in [0.25, 0.3) is 5.91 Å². The number of hydrogen-bond acceptors (Lipinski definition) is 5. The highest BCUT2D eigenvalue weighted by atomic mass is 32.1. The third-order valence-electron chi connectivity index (χ3n) is 3.19. The lowest BCUT2D eigenvalue weighted by Gasteiger charge is -2.12. The number of rotatable bonds is 7. The van der Waals surface area contributed by atoms with Crippen LogP contribution in [0.15, 0.2) is 34.9 Å². The number of hydrogen-bond donors (Lipinski definition) is 3. The number of carbonyl (C=O) groups excluding carboxylic acids is 1. The Bertz CT molecular complexity index is 670. The number of nitrogens with one attached hydrogen (secondary N) is 3. The Morgan fingerprint density at radius 1 is 1.25 bits per heavy atom. The van der Waals surface area contributed by atoms with Gasteiger partial charge in [0.1, 0.15) is 0 Å². The summed E-state index contributed by atoms with van der Waals surface area (Å²) in [6.07, 6.45) is 4.03. The number of guanidine groups is 1. The SMILES string of the molecule is CN=C(NCCNC(=O)c1cccnc1)NCCc1csc(C)n1. The van der Waals surface area contributed by atoms with E-state index in [1.54, 1.807) is 42.9 Å². The number of nitrogens with zero attached hydrogens (tertiary/aromatic N) is 3. The molecular formula is C16H22N6OS. The molecule has 2 heterocycles. The van der Waals surface area contributed by atoms with E-state index >= 15 is 0 Å². The number of carbonyl (C=O) groups is 1. The van der Waals surface area contributed by atoms with Crippen LogP contribution >= 0.6 is 11.3 Å². The molecule has 0 spiro atoms. The first-order valence-electron chi connectivity index (χ1n) is 7.73. The number of amides is 1. The van der Waals surface area contributed by atoms with Crippen LogP contribution in [0.25, 0.3) is 0 Å². The number of aliphatic imine (C=N–C) groups is 1. The summed E-state index contributed by atoms with van der Waals surface area (Å²) in [6.45, 7) is 3.84. The lowest BCUT2D eigenvalue weighted by molar-refractivity contribution is 0.0954. The molecule has 0 aliphatic heterocycles. The molecule has 0 saturated carbocycles. The maximum Gasteiger partial charge on any atom is 0.252 e. The minimum atomic E-state index is -0.133. The molecule has 2 rings (SSSR count). The second-order valence-electron chi connectivity index (χ2n) is 5.03. The number of pyridine rings is 1. The smallest absolute Gasteiger partial charge is 0.252 e. The molecule has 0 bridgehead atoms. The van der Waals surface area contributed by atoms with Gasteiger partial charge in [0, 0.05) is 50.9 Å². The molecule has 0 aromatic carbocycles. The van der Waals surface area contributed by atoms with E-state index in [-0.39, 0.29) is 5.91 Å². The van der Waals surface area contributed by atoms with Gasteiger partial charge in [0.2, 0.25) is 0 Å². The monoisotopic (exact) mass is 346 g/mol. The van der Waals surface area contributed by atoms with Crippen molar-refractivity contribution in [3.63, 3.8) is 0 Å². The van der Waals surface area contributed by atoms with Crippen LogP contribution < -0.4 is 16.0 Å². The van der Waals surface area contributed by atoms with E-state index in [9.17, 15) is 4.79 Å². The number of thiazole rings is 1. The van der Waals surface area contributed by atoms with Crippen LogP contribution in [-0.4, -0.2) is 48.5 Å². The van der Waals surface area contributed by atoms with Gasteiger partial charge in [-0.1, -0.05) is 0 Å². The molecular weight excluding hydrogens is 324 g/mol. The summed E-state index contributed by atoms with van der Waals surface area (Å²) < 4.78 is 0. The van der Waals surface area contributed by atoms with Crippen LogP contribution in [0.2, 0.25) is 0 Å². The molecule has 2 aromatic rings. The molecule has 128 valence electrons. The molecule has 3 N–H and O–H groups in total. The van der Waals surface area contributed by atoms with Crippen molar-refractivity contribution >= 4 is 23.2 Å². The van der Waals surface area contributed by atoms with Crippen molar-refractivity contribution in [2.45, 2.75) is 13.3 Å². The first-order chi connectivity index (χ1) is 11.7. The van der Waals surface area contributed by atoms with Crippen LogP contribution in [0.5, 0.6) is 0 Å². The summed E-state index contributed by atoms with van der Waals surface area (Å²) >= 11 is 1.66. The van der Waals surface area contributed by atoms with E-state index in [0.717, 1.165) is 23.7 Å². The Hall–Kier alpha value is -2.48. The fourth-order valence-corrected chi connectivity index (χ4v) is 2.66. The number of aromatic nitrogens is 2. The van der Waals surface area contributed by atoms with E-state index in [1.807, 2.05) is 6.92 Å². The van der Waals surface area contributed by atoms with Crippen molar-refractivity contribution < 1.29 is 4.79 Å². The molecule has 7 nitrogen and oxygen atoms in total. The minimum absolute atomic E-state index is 0.133. The van der Waals surface area contributed by atoms with Crippen molar-refractivity contribution in [2.75, 3.05) is 26.7 Å². The van der Waals surface area contributed by atoms with Gasteiger partial charge in [-0.05, 0) is 19.1 Å². The van der Waals surface area contributed by atoms with E-state index in [0.29, 0.717) is 24.6 Å². The van der Waals surface area contributed by atoms with Crippen LogP contribution in [0, 0.1) is 6.92 Å². The lowest BCUT2D eigenvalue weighted by atomic mass is 10.3. The lowest BCUT2D eigenvalue weighted by Crippen LogP contribution is -2.42. The molecule has 1 amide bonds. The highest BCUT2D eigenvalue weighted by molar-refractivity contribution is 7.09. The van der Waals surface area contributed by atoms with Crippen molar-refractivity contribution in [3.05, 3.63) is 46.2 Å². The average molecular weight is 346 g/mol. The van der Waals surface area contributed by atoms with Crippen molar-refractivity contribution in [1.29, 1.82) is 0 Å². The molecule has 24 heavy (non-hydrogen) atoms. The second kappa shape index (κ2) is 9.61. The van der Waals surface area contributed by atoms with Crippen LogP contribution in [0.3, 0.4) is 0 Å². The van der Waals surface area contributed by atoms with Gasteiger partial charge in [-0.25, -0.2) is 4.98 Å². The maximum atomic E-state index is 11.9. The van der Waals surface area contributed by atoms with Crippen LogP contribution in [0.1, 0.15) is 21.1 Å². The predicted molar refractivity (Wildman–Crippen MR) is 96.5 cm³/mol. The van der Waals surface area contributed by atoms with Gasteiger partial charge >= 0.3 is 0 Å². The molecule has 0 aliphatic rings. The zero-order valence-corrected chi connectivity index (χ0v) is 14.7. The van der Waals surface area contributed by atoms with Crippen molar-refractivity contribution in [3.8, 4) is 0 Å². The molecule has 2 aromatic heterocycles. The topological polar surface area (TPSA) is 91.3 Å². The quantitative estimate of drug-likeness (QED) is 0.395. The van der Waals surface area contributed by atoms with Crippen LogP contribution in [-0.2, 0) is 6.42 Å². The van der Waals surface area contributed by atoms with Gasteiger partial charge in [-0.3, -0.25) is 14.8 Å². The zero-order valence-electron chi connectivity index (χ0n) is 13.9. The Labute approximate surface area is 145 Å². The molecule has 0 radical (unpaired) electrons. The van der Waals surface area contributed by atoms with Gasteiger partial charge in [-0.15, -0.1) is 11.3 Å². The molecule has 0 fully saturated rings. The predicted octanol–water partition coefficient (Wildman–Crippen LogP) is 0.984. The summed E-state index contributed by atoms with van der Waals surface area (Å²) in [5.41, 5.74) is 1.64. The Morgan fingerprint density at radius 2 is 2.04 bits per heavy atom. The Kier molecular flexibility index (Phi) is 7.16. The fraction of sp³-hybridized carbons (Fsp3) is 0.375. The first-order valence-corrected chi connectivity index (χ1v) is 8.60. The Morgan fingerprint density at radius 3 is 2.71 bits per heavy atom. The largest absolute Gasteiger partial charge is 0.356 e. The van der Waals surface area contributed by atoms with Crippen molar-refractivity contribution in [2.24, 2.45) is 4.99 Å². The standard InChI is InChI=1S/C16H22N6OS/c1-12-22-14(11-24-12)5-7-20-16(17-2)21-9-8-19-15(23)13-4-3-6-18-10-13/h3-4,6,10-11H,5,7-9H2,1-2H3,(H,19,23)(H2,17,20,21). The Balaban J connectivity index is 1.62. The van der Waals surface area contributed by atoms with E-state index in [2.05, 4.69) is 36.3 Å². The highest BCUT2D eigenvalue weighted by Gasteiger charge is 2.04. The van der Waals surface area contributed by atoms with E-state index in [4.69, 9.17) is 0 Å². The molecule has 0 saturated heterocycles. The maximum absolute atomic E-state index is 11.9. The highest BCUT2D eigenvalue weighted by Crippen LogP contribution is 2.07. The molecule has 8 heteroatoms.